The maximum absolute atomic E-state index is 12.3. The van der Waals surface area contributed by atoms with Crippen LogP contribution >= 0.6 is 23.2 Å². The van der Waals surface area contributed by atoms with E-state index in [-0.39, 0.29) is 23.1 Å². The van der Waals surface area contributed by atoms with E-state index in [9.17, 15) is 9.59 Å². The van der Waals surface area contributed by atoms with Crippen LogP contribution in [0.5, 0.6) is 0 Å². The highest BCUT2D eigenvalue weighted by Crippen LogP contribution is 2.22. The Morgan fingerprint density at radius 3 is 2.32 bits per heavy atom. The van der Waals surface area contributed by atoms with Gasteiger partial charge in [0.25, 0.3) is 5.91 Å². The molecule has 1 heterocycles. The van der Waals surface area contributed by atoms with Gasteiger partial charge in [-0.3, -0.25) is 4.79 Å². The van der Waals surface area contributed by atoms with Gasteiger partial charge in [0.15, 0.2) is 0 Å². The van der Waals surface area contributed by atoms with Crippen LogP contribution in [0.2, 0.25) is 10.0 Å². The molecule has 0 aliphatic carbocycles. The summed E-state index contributed by atoms with van der Waals surface area (Å²) >= 11 is 11.8. The van der Waals surface area contributed by atoms with E-state index in [0.29, 0.717) is 10.6 Å². The van der Waals surface area contributed by atoms with Crippen LogP contribution in [0.25, 0.3) is 0 Å². The topological polar surface area (TPSA) is 46.6 Å². The third-order valence-corrected chi connectivity index (χ3v) is 4.66. The van der Waals surface area contributed by atoms with E-state index in [4.69, 9.17) is 27.9 Å². The number of amides is 1. The summed E-state index contributed by atoms with van der Waals surface area (Å²) < 4.78 is 5.27. The zero-order chi connectivity index (χ0) is 17.8. The van der Waals surface area contributed by atoms with E-state index in [2.05, 4.69) is 0 Å². The van der Waals surface area contributed by atoms with E-state index in [0.717, 1.165) is 31.5 Å². The van der Waals surface area contributed by atoms with Crippen LogP contribution in [0.3, 0.4) is 0 Å². The highest BCUT2D eigenvalue weighted by atomic mass is 35.5. The van der Waals surface area contributed by atoms with Crippen molar-refractivity contribution >= 4 is 35.1 Å². The van der Waals surface area contributed by atoms with Crippen LogP contribution in [0.15, 0.2) is 42.5 Å². The van der Waals surface area contributed by atoms with Crippen LogP contribution in [0, 0.1) is 0 Å². The first-order valence-corrected chi connectivity index (χ1v) is 8.80. The normalized spacial score (nSPS) is 13.8. The van der Waals surface area contributed by atoms with Crippen molar-refractivity contribution < 1.29 is 14.3 Å². The van der Waals surface area contributed by atoms with Crippen molar-refractivity contribution in [1.82, 2.24) is 4.90 Å². The van der Waals surface area contributed by atoms with Crippen molar-refractivity contribution in [3.8, 4) is 0 Å². The first-order chi connectivity index (χ1) is 12.0. The number of rotatable bonds is 4. The van der Waals surface area contributed by atoms with Gasteiger partial charge in [-0.2, -0.15) is 0 Å². The zero-order valence-corrected chi connectivity index (χ0v) is 15.0. The van der Waals surface area contributed by atoms with E-state index < -0.39 is 5.97 Å². The van der Waals surface area contributed by atoms with Gasteiger partial charge in [0.1, 0.15) is 6.61 Å². The van der Waals surface area contributed by atoms with Crippen molar-refractivity contribution in [2.45, 2.75) is 19.4 Å². The van der Waals surface area contributed by atoms with Crippen LogP contribution < -0.4 is 0 Å². The highest BCUT2D eigenvalue weighted by molar-refractivity contribution is 6.36. The minimum atomic E-state index is -0.515. The second-order valence-corrected chi connectivity index (χ2v) is 6.74. The smallest absolute Gasteiger partial charge is 0.339 e. The van der Waals surface area contributed by atoms with Gasteiger partial charge < -0.3 is 9.64 Å². The second-order valence-electron chi connectivity index (χ2n) is 5.90. The summed E-state index contributed by atoms with van der Waals surface area (Å²) in [6.07, 6.45) is 2.13. The van der Waals surface area contributed by atoms with E-state index in [1.165, 1.54) is 12.1 Å². The molecule has 6 heteroatoms. The van der Waals surface area contributed by atoms with Crippen molar-refractivity contribution in [3.63, 3.8) is 0 Å². The molecule has 0 spiro atoms. The van der Waals surface area contributed by atoms with Crippen LogP contribution in [0.4, 0.5) is 0 Å². The third-order valence-electron chi connectivity index (χ3n) is 4.12. The summed E-state index contributed by atoms with van der Waals surface area (Å²) in [7, 11) is 0. The first-order valence-electron chi connectivity index (χ1n) is 8.05. The van der Waals surface area contributed by atoms with Gasteiger partial charge in [0, 0.05) is 23.7 Å². The van der Waals surface area contributed by atoms with Crippen molar-refractivity contribution in [2.24, 2.45) is 0 Å². The Kier molecular flexibility index (Phi) is 5.61. The zero-order valence-electron chi connectivity index (χ0n) is 13.5. The molecular weight excluding hydrogens is 361 g/mol. The van der Waals surface area contributed by atoms with Gasteiger partial charge in [-0.15, -0.1) is 0 Å². The maximum Gasteiger partial charge on any atom is 0.339 e. The molecular formula is C19H17Cl2NO3. The standard InChI is InChI=1S/C19H17Cl2NO3/c20-15-7-8-16(17(21)11-15)19(24)25-12-13-3-5-14(6-4-13)18(23)22-9-1-2-10-22/h3-8,11H,1-2,9-10,12H2. The molecule has 0 radical (unpaired) electrons. The van der Waals surface area contributed by atoms with Crippen molar-refractivity contribution in [1.29, 1.82) is 0 Å². The molecule has 1 aliphatic heterocycles. The molecule has 0 bridgehead atoms. The lowest BCUT2D eigenvalue weighted by atomic mass is 10.1. The average Bonchev–Trinajstić information content (AvgIpc) is 3.14. The molecule has 0 aromatic heterocycles. The van der Waals surface area contributed by atoms with E-state index >= 15 is 0 Å². The Morgan fingerprint density at radius 1 is 1.00 bits per heavy atom. The largest absolute Gasteiger partial charge is 0.457 e. The molecule has 0 N–H and O–H groups in total. The van der Waals surface area contributed by atoms with Gasteiger partial charge in [-0.25, -0.2) is 4.79 Å². The van der Waals surface area contributed by atoms with Crippen LogP contribution in [-0.2, 0) is 11.3 Å². The van der Waals surface area contributed by atoms with Gasteiger partial charge >= 0.3 is 5.97 Å². The minimum absolute atomic E-state index is 0.0500. The Hall–Kier alpha value is -2.04. The van der Waals surface area contributed by atoms with Crippen molar-refractivity contribution in [3.05, 3.63) is 69.2 Å². The predicted octanol–water partition coefficient (Wildman–Crippen LogP) is 4.59. The van der Waals surface area contributed by atoms with E-state index in [1.807, 2.05) is 4.90 Å². The quantitative estimate of drug-likeness (QED) is 0.732. The molecule has 1 aliphatic rings. The summed E-state index contributed by atoms with van der Waals surface area (Å²) in [5, 5.41) is 0.712. The Bertz CT molecular complexity index is 784. The van der Waals surface area contributed by atoms with Crippen LogP contribution in [-0.4, -0.2) is 29.9 Å². The summed E-state index contributed by atoms with van der Waals surface area (Å²) in [6, 6.07) is 11.7. The fraction of sp³-hybridized carbons (Fsp3) is 0.263. The molecule has 130 valence electrons. The first kappa shape index (κ1) is 17.8. The number of likely N-dealkylation sites (tertiary alicyclic amines) is 1. The molecule has 2 aromatic rings. The average molecular weight is 378 g/mol. The molecule has 1 saturated heterocycles. The lowest BCUT2D eigenvalue weighted by Gasteiger charge is -2.15. The Balaban J connectivity index is 1.59. The molecule has 3 rings (SSSR count). The lowest BCUT2D eigenvalue weighted by molar-refractivity contribution is 0.0472. The lowest BCUT2D eigenvalue weighted by Crippen LogP contribution is -2.27. The summed E-state index contributed by atoms with van der Waals surface area (Å²) in [5.41, 5.74) is 1.72. The maximum atomic E-state index is 12.3. The number of ether oxygens (including phenoxy) is 1. The number of carbonyl (C=O) groups is 2. The number of esters is 1. The molecule has 1 fully saturated rings. The molecule has 4 nitrogen and oxygen atoms in total. The van der Waals surface area contributed by atoms with Gasteiger partial charge in [0.05, 0.1) is 10.6 Å². The minimum Gasteiger partial charge on any atom is -0.457 e. The number of nitrogens with zero attached hydrogens (tertiary/aromatic N) is 1. The molecule has 25 heavy (non-hydrogen) atoms. The van der Waals surface area contributed by atoms with Crippen molar-refractivity contribution in [2.75, 3.05) is 13.1 Å². The second kappa shape index (κ2) is 7.89. The summed E-state index contributed by atoms with van der Waals surface area (Å²) in [5.74, 6) is -0.465. The summed E-state index contributed by atoms with van der Waals surface area (Å²) in [6.45, 7) is 1.75. The number of benzene rings is 2. The van der Waals surface area contributed by atoms with Gasteiger partial charge in [-0.1, -0.05) is 35.3 Å². The number of hydrogen-bond donors (Lipinski definition) is 0. The highest BCUT2D eigenvalue weighted by Gasteiger charge is 2.19. The molecule has 2 aromatic carbocycles. The fourth-order valence-corrected chi connectivity index (χ4v) is 3.21. The molecule has 1 amide bonds. The number of hydrogen-bond acceptors (Lipinski definition) is 3. The number of carbonyl (C=O) groups excluding carboxylic acids is 2. The van der Waals surface area contributed by atoms with Crippen LogP contribution in [0.1, 0.15) is 39.1 Å². The molecule has 0 atom stereocenters. The Labute approximate surface area is 156 Å². The van der Waals surface area contributed by atoms with Gasteiger partial charge in [0.2, 0.25) is 0 Å². The summed E-state index contributed by atoms with van der Waals surface area (Å²) in [4.78, 5) is 26.2. The predicted molar refractivity (Wildman–Crippen MR) is 97.2 cm³/mol. The van der Waals surface area contributed by atoms with E-state index in [1.54, 1.807) is 30.3 Å². The fourth-order valence-electron chi connectivity index (χ4n) is 2.73. The monoisotopic (exact) mass is 377 g/mol. The number of halogens is 2. The Morgan fingerprint density at radius 2 is 1.68 bits per heavy atom. The molecule has 0 saturated carbocycles. The van der Waals surface area contributed by atoms with Gasteiger partial charge in [-0.05, 0) is 48.7 Å². The third kappa shape index (κ3) is 4.33. The molecule has 0 unspecified atom stereocenters. The SMILES string of the molecule is O=C(OCc1ccc(C(=O)N2CCCC2)cc1)c1ccc(Cl)cc1Cl.